The van der Waals surface area contributed by atoms with Gasteiger partial charge < -0.3 is 10.7 Å². The number of aromatic nitrogens is 4. The van der Waals surface area contributed by atoms with E-state index in [1.807, 2.05) is 52.1 Å². The highest BCUT2D eigenvalue weighted by molar-refractivity contribution is 6.02. The van der Waals surface area contributed by atoms with Crippen LogP contribution >= 0.6 is 0 Å². The van der Waals surface area contributed by atoms with E-state index in [1.54, 1.807) is 0 Å². The molecule has 0 aliphatic heterocycles. The third-order valence-corrected chi connectivity index (χ3v) is 4.19. The van der Waals surface area contributed by atoms with Gasteiger partial charge in [0.2, 0.25) is 0 Å². The number of nitrogen functional groups attached to an aromatic ring is 1. The van der Waals surface area contributed by atoms with E-state index in [0.29, 0.717) is 11.7 Å². The summed E-state index contributed by atoms with van der Waals surface area (Å²) < 4.78 is 0. The number of nitrogens with two attached hydrogens (primary N) is 1. The molecule has 0 amide bonds. The van der Waals surface area contributed by atoms with Gasteiger partial charge in [0.05, 0.1) is 10.9 Å². The highest BCUT2D eigenvalue weighted by Crippen LogP contribution is 2.36. The van der Waals surface area contributed by atoms with Crippen molar-refractivity contribution < 1.29 is 0 Å². The molecule has 0 aliphatic rings. The van der Waals surface area contributed by atoms with Crippen LogP contribution in [0.3, 0.4) is 0 Å². The van der Waals surface area contributed by atoms with Gasteiger partial charge in [-0.3, -0.25) is 4.98 Å². The fraction of sp³-hybridized carbons (Fsp3) is 0.348. The van der Waals surface area contributed by atoms with Crippen molar-refractivity contribution in [1.29, 1.82) is 0 Å². The number of nitrogens with one attached hydrogen (secondary N) is 1. The van der Waals surface area contributed by atoms with Gasteiger partial charge in [0.1, 0.15) is 17.8 Å². The maximum atomic E-state index is 6.16. The van der Waals surface area contributed by atoms with Crippen molar-refractivity contribution >= 4 is 27.8 Å². The molecule has 4 aromatic rings. The summed E-state index contributed by atoms with van der Waals surface area (Å²) in [7, 11) is 0. The number of aromatic amines is 1. The number of anilines is 1. The van der Waals surface area contributed by atoms with E-state index < -0.39 is 0 Å². The molecule has 3 aromatic heterocycles. The second-order valence-electron chi connectivity index (χ2n) is 6.48. The molecule has 0 aliphatic carbocycles. The highest BCUT2D eigenvalue weighted by atomic mass is 15.0. The fourth-order valence-corrected chi connectivity index (χ4v) is 3.18. The Labute approximate surface area is 167 Å². The van der Waals surface area contributed by atoms with Crippen molar-refractivity contribution in [2.75, 3.05) is 5.73 Å². The summed E-state index contributed by atoms with van der Waals surface area (Å²) in [6.45, 7) is 12.4. The van der Waals surface area contributed by atoms with Crippen molar-refractivity contribution in [3.05, 3.63) is 48.5 Å². The lowest BCUT2D eigenvalue weighted by Gasteiger charge is -2.09. The summed E-state index contributed by atoms with van der Waals surface area (Å²) in [6, 6.07) is 10.3. The van der Waals surface area contributed by atoms with Crippen LogP contribution in [0.1, 0.15) is 47.2 Å². The minimum Gasteiger partial charge on any atom is -0.383 e. The van der Waals surface area contributed by atoms with Crippen molar-refractivity contribution in [3.8, 4) is 11.1 Å². The Hall–Kier alpha value is -2.95. The van der Waals surface area contributed by atoms with Gasteiger partial charge >= 0.3 is 0 Å². The Morgan fingerprint density at radius 3 is 2.43 bits per heavy atom. The molecule has 0 unspecified atom stereocenters. The largest absolute Gasteiger partial charge is 0.383 e. The predicted molar refractivity (Wildman–Crippen MR) is 120 cm³/mol. The minimum absolute atomic E-state index is 0.495. The van der Waals surface area contributed by atoms with Gasteiger partial charge in [-0.1, -0.05) is 59.7 Å². The number of fused-ring (bicyclic) bond motifs is 2. The minimum atomic E-state index is 0.495. The molecule has 148 valence electrons. The Kier molecular flexibility index (Phi) is 7.50. The molecular formula is C23H31N5. The molecule has 28 heavy (non-hydrogen) atoms. The summed E-state index contributed by atoms with van der Waals surface area (Å²) >= 11 is 0. The summed E-state index contributed by atoms with van der Waals surface area (Å²) in [5.74, 6) is 1.01. The van der Waals surface area contributed by atoms with Crippen LogP contribution in [0.2, 0.25) is 0 Å². The number of H-pyrrole nitrogens is 1. The van der Waals surface area contributed by atoms with Crippen molar-refractivity contribution in [3.63, 3.8) is 0 Å². The average molecular weight is 378 g/mol. The lowest BCUT2D eigenvalue weighted by Crippen LogP contribution is -1.97. The summed E-state index contributed by atoms with van der Waals surface area (Å²) in [5, 5.41) is 1.99. The molecule has 0 fully saturated rings. The Morgan fingerprint density at radius 2 is 1.71 bits per heavy atom. The van der Waals surface area contributed by atoms with Crippen LogP contribution in [0.5, 0.6) is 0 Å². The van der Waals surface area contributed by atoms with E-state index in [0.717, 1.165) is 45.2 Å². The second kappa shape index (κ2) is 9.83. The van der Waals surface area contributed by atoms with Crippen LogP contribution in [0.25, 0.3) is 33.1 Å². The number of para-hydroxylation sites is 1. The van der Waals surface area contributed by atoms with E-state index in [9.17, 15) is 0 Å². The van der Waals surface area contributed by atoms with Gasteiger partial charge in [-0.15, -0.1) is 0 Å². The third kappa shape index (κ3) is 4.30. The first-order valence-electron chi connectivity index (χ1n) is 10.1. The van der Waals surface area contributed by atoms with Crippen LogP contribution in [0.15, 0.2) is 42.9 Å². The van der Waals surface area contributed by atoms with Crippen LogP contribution in [-0.2, 0) is 6.42 Å². The van der Waals surface area contributed by atoms with Gasteiger partial charge in [0.25, 0.3) is 0 Å². The Balaban J connectivity index is 0.000000660. The quantitative estimate of drug-likeness (QED) is 0.458. The van der Waals surface area contributed by atoms with Crippen LogP contribution in [0, 0.1) is 5.92 Å². The first kappa shape index (κ1) is 21.4. The maximum Gasteiger partial charge on any atom is 0.143 e. The maximum absolute atomic E-state index is 6.16. The van der Waals surface area contributed by atoms with Gasteiger partial charge in [0.15, 0.2) is 0 Å². The lowest BCUT2D eigenvalue weighted by molar-refractivity contribution is 0.639. The zero-order valence-corrected chi connectivity index (χ0v) is 17.7. The van der Waals surface area contributed by atoms with E-state index in [1.165, 1.54) is 6.33 Å². The third-order valence-electron chi connectivity index (χ3n) is 4.19. The lowest BCUT2D eigenvalue weighted by atomic mass is 9.98. The normalized spacial score (nSPS) is 10.4. The van der Waals surface area contributed by atoms with Crippen molar-refractivity contribution in [2.45, 2.75) is 48.0 Å². The van der Waals surface area contributed by atoms with E-state index >= 15 is 0 Å². The van der Waals surface area contributed by atoms with Crippen LogP contribution in [-0.4, -0.2) is 19.9 Å². The number of rotatable bonds is 3. The second-order valence-corrected chi connectivity index (χ2v) is 6.48. The molecule has 0 spiro atoms. The monoisotopic (exact) mass is 377 g/mol. The van der Waals surface area contributed by atoms with Gasteiger partial charge in [-0.2, -0.15) is 0 Å². The van der Waals surface area contributed by atoms with E-state index in [4.69, 9.17) is 5.73 Å². The number of hydrogen-bond donors (Lipinski definition) is 2. The number of pyridine rings is 1. The summed E-state index contributed by atoms with van der Waals surface area (Å²) in [5.41, 5.74) is 11.2. The molecule has 0 saturated carbocycles. The molecule has 1 aromatic carbocycles. The SMILES string of the molecule is CC.CC.CC(C)Cc1[nH]c2ncnc(N)c2c1-c1cnc2ccccc2c1. The Bertz CT molecular complexity index is 1030. The number of nitrogens with zero attached hydrogens (tertiary/aromatic N) is 3. The standard InChI is InChI=1S/C19H19N5.2C2H6/c1-11(2)7-15-16(17-18(20)22-10-23-19(17)24-15)13-8-12-5-3-4-6-14(12)21-9-13;2*1-2/h3-6,8-11H,7H2,1-2H3,(H3,20,22,23,24);2*1-2H3. The number of hydrogen-bond acceptors (Lipinski definition) is 4. The molecule has 0 atom stereocenters. The zero-order valence-electron chi connectivity index (χ0n) is 17.7. The summed E-state index contributed by atoms with van der Waals surface area (Å²) in [4.78, 5) is 16.5. The molecule has 4 rings (SSSR count). The molecule has 0 saturated heterocycles. The molecule has 0 bridgehead atoms. The average Bonchev–Trinajstić information content (AvgIpc) is 3.09. The van der Waals surface area contributed by atoms with Crippen molar-refractivity contribution in [1.82, 2.24) is 19.9 Å². The van der Waals surface area contributed by atoms with Gasteiger partial charge in [0, 0.05) is 28.4 Å². The molecule has 5 heteroatoms. The van der Waals surface area contributed by atoms with Gasteiger partial charge in [-0.25, -0.2) is 9.97 Å². The Morgan fingerprint density at radius 1 is 1.00 bits per heavy atom. The smallest absolute Gasteiger partial charge is 0.143 e. The highest BCUT2D eigenvalue weighted by Gasteiger charge is 2.18. The molecule has 5 nitrogen and oxygen atoms in total. The first-order chi connectivity index (χ1) is 13.6. The van der Waals surface area contributed by atoms with Crippen LogP contribution in [0.4, 0.5) is 5.82 Å². The van der Waals surface area contributed by atoms with Crippen LogP contribution < -0.4 is 5.73 Å². The van der Waals surface area contributed by atoms with Gasteiger partial charge in [-0.05, 0) is 24.5 Å². The molecular weight excluding hydrogens is 346 g/mol. The molecule has 3 heterocycles. The molecule has 0 radical (unpaired) electrons. The first-order valence-corrected chi connectivity index (χ1v) is 10.1. The van der Waals surface area contributed by atoms with E-state index in [2.05, 4.69) is 45.9 Å². The number of benzene rings is 1. The molecule has 3 N–H and O–H groups in total. The fourth-order valence-electron chi connectivity index (χ4n) is 3.18. The van der Waals surface area contributed by atoms with Crippen molar-refractivity contribution in [2.24, 2.45) is 5.92 Å². The predicted octanol–water partition coefficient (Wildman–Crippen LogP) is 6.01. The summed E-state index contributed by atoms with van der Waals surface area (Å²) in [6.07, 6.45) is 4.31. The topological polar surface area (TPSA) is 80.5 Å². The zero-order chi connectivity index (χ0) is 20.7. The van der Waals surface area contributed by atoms with E-state index in [-0.39, 0.29) is 0 Å².